The molecule has 138 valence electrons. The van der Waals surface area contributed by atoms with Gasteiger partial charge in [0, 0.05) is 6.26 Å². The average molecular weight is 405 g/mol. The lowest BCUT2D eigenvalue weighted by Gasteiger charge is -2.01. The van der Waals surface area contributed by atoms with Crippen molar-refractivity contribution in [2.24, 2.45) is 4.99 Å². The second-order valence-electron chi connectivity index (χ2n) is 5.39. The van der Waals surface area contributed by atoms with Crippen LogP contribution >= 0.6 is 11.3 Å². The number of rotatable bonds is 4. The number of terminal acetylenes is 1. The van der Waals surface area contributed by atoms with Gasteiger partial charge in [0.25, 0.3) is 0 Å². The lowest BCUT2D eigenvalue weighted by molar-refractivity contribution is -0.402. The Morgan fingerprint density at radius 3 is 2.74 bits per heavy atom. The number of thiazole rings is 1. The molecule has 0 N–H and O–H groups in total. The highest BCUT2D eigenvalue weighted by Gasteiger charge is 2.18. The molecule has 2 aromatic heterocycles. The van der Waals surface area contributed by atoms with Gasteiger partial charge in [-0.1, -0.05) is 17.3 Å². The lowest BCUT2D eigenvalue weighted by atomic mass is 10.3. The van der Waals surface area contributed by atoms with Gasteiger partial charge in [-0.25, -0.2) is 8.42 Å². The summed E-state index contributed by atoms with van der Waals surface area (Å²) in [5.41, 5.74) is 0.613. The number of nitrogens with zero attached hydrogens (tertiary/aromatic N) is 3. The Morgan fingerprint density at radius 1 is 1.41 bits per heavy atom. The molecule has 1 aromatic carbocycles. The SMILES string of the molecule is C#CCn1c(=NC(=O)c2ccc([N+](=O)[O-])o2)sc2cc(S(C)(=O)=O)ccc21. The summed E-state index contributed by atoms with van der Waals surface area (Å²) in [6.45, 7) is 0.0998. The Hall–Kier alpha value is -3.23. The Kier molecular flexibility index (Phi) is 4.69. The van der Waals surface area contributed by atoms with Gasteiger partial charge in [0.15, 0.2) is 14.6 Å². The van der Waals surface area contributed by atoms with Crippen molar-refractivity contribution >= 4 is 43.2 Å². The third-order valence-electron chi connectivity index (χ3n) is 3.51. The molecule has 0 aliphatic rings. The molecule has 0 saturated heterocycles. The van der Waals surface area contributed by atoms with E-state index in [1.807, 2.05) is 0 Å². The van der Waals surface area contributed by atoms with Crippen molar-refractivity contribution in [2.45, 2.75) is 11.4 Å². The topological polar surface area (TPSA) is 125 Å². The van der Waals surface area contributed by atoms with E-state index < -0.39 is 26.6 Å². The molecule has 3 rings (SSSR count). The zero-order valence-corrected chi connectivity index (χ0v) is 15.4. The van der Waals surface area contributed by atoms with Gasteiger partial charge in [0.2, 0.25) is 5.76 Å². The van der Waals surface area contributed by atoms with E-state index in [0.29, 0.717) is 10.2 Å². The van der Waals surface area contributed by atoms with Crippen LogP contribution < -0.4 is 4.80 Å². The summed E-state index contributed by atoms with van der Waals surface area (Å²) in [6.07, 6.45) is 6.47. The van der Waals surface area contributed by atoms with Crippen molar-refractivity contribution in [3.63, 3.8) is 0 Å². The molecule has 0 bridgehead atoms. The van der Waals surface area contributed by atoms with E-state index in [-0.39, 0.29) is 22.0 Å². The van der Waals surface area contributed by atoms with Gasteiger partial charge in [-0.2, -0.15) is 4.99 Å². The van der Waals surface area contributed by atoms with Gasteiger partial charge in [0.1, 0.15) is 4.92 Å². The van der Waals surface area contributed by atoms with Crippen LogP contribution in [-0.2, 0) is 16.4 Å². The second-order valence-corrected chi connectivity index (χ2v) is 8.41. The van der Waals surface area contributed by atoms with Gasteiger partial charge in [0.05, 0.1) is 27.7 Å². The van der Waals surface area contributed by atoms with Crippen LogP contribution in [0.3, 0.4) is 0 Å². The van der Waals surface area contributed by atoms with Crippen molar-refractivity contribution in [3.05, 3.63) is 51.0 Å². The van der Waals surface area contributed by atoms with Gasteiger partial charge in [-0.3, -0.25) is 14.9 Å². The Labute approximate surface area is 156 Å². The smallest absolute Gasteiger partial charge is 0.395 e. The minimum Gasteiger partial charge on any atom is -0.395 e. The molecule has 0 radical (unpaired) electrons. The van der Waals surface area contributed by atoms with E-state index in [2.05, 4.69) is 10.9 Å². The molecule has 11 heteroatoms. The third kappa shape index (κ3) is 3.67. The summed E-state index contributed by atoms with van der Waals surface area (Å²) in [5.74, 6) is 0.772. The summed E-state index contributed by atoms with van der Waals surface area (Å²) < 4.78 is 30.5. The van der Waals surface area contributed by atoms with Crippen LogP contribution in [0, 0.1) is 22.5 Å². The highest BCUT2D eigenvalue weighted by Crippen LogP contribution is 2.22. The number of hydrogen-bond donors (Lipinski definition) is 0. The molecule has 1 amide bonds. The number of benzene rings is 1. The lowest BCUT2D eigenvalue weighted by Crippen LogP contribution is -2.16. The molecule has 2 heterocycles. The largest absolute Gasteiger partial charge is 0.433 e. The minimum atomic E-state index is -3.40. The first-order chi connectivity index (χ1) is 12.7. The highest BCUT2D eigenvalue weighted by atomic mass is 32.2. The monoisotopic (exact) mass is 405 g/mol. The van der Waals surface area contributed by atoms with Crippen LogP contribution in [0.25, 0.3) is 10.2 Å². The molecular formula is C16H11N3O6S2. The van der Waals surface area contributed by atoms with Gasteiger partial charge in [-0.15, -0.1) is 6.42 Å². The predicted octanol–water partition coefficient (Wildman–Crippen LogP) is 1.98. The molecular weight excluding hydrogens is 394 g/mol. The zero-order chi connectivity index (χ0) is 19.8. The minimum absolute atomic E-state index is 0.0998. The summed E-state index contributed by atoms with van der Waals surface area (Å²) in [4.78, 5) is 26.5. The first-order valence-corrected chi connectivity index (χ1v) is 10.0. The van der Waals surface area contributed by atoms with Crippen LogP contribution in [0.2, 0.25) is 0 Å². The van der Waals surface area contributed by atoms with E-state index >= 15 is 0 Å². The number of carbonyl (C=O) groups excluding carboxylic acids is 1. The quantitative estimate of drug-likeness (QED) is 0.371. The fourth-order valence-electron chi connectivity index (χ4n) is 2.30. The van der Waals surface area contributed by atoms with Crippen LogP contribution in [-0.4, -0.2) is 30.1 Å². The summed E-state index contributed by atoms with van der Waals surface area (Å²) >= 11 is 1.07. The van der Waals surface area contributed by atoms with E-state index in [9.17, 15) is 23.3 Å². The van der Waals surface area contributed by atoms with Gasteiger partial charge in [-0.05, 0) is 24.3 Å². The number of hydrogen-bond acceptors (Lipinski definition) is 7. The van der Waals surface area contributed by atoms with E-state index in [1.165, 1.54) is 12.1 Å². The van der Waals surface area contributed by atoms with Crippen molar-refractivity contribution in [1.29, 1.82) is 0 Å². The number of aromatic nitrogens is 1. The molecule has 0 aliphatic carbocycles. The Bertz CT molecular complexity index is 1290. The molecule has 27 heavy (non-hydrogen) atoms. The molecule has 0 aliphatic heterocycles. The van der Waals surface area contributed by atoms with Crippen molar-refractivity contribution in [3.8, 4) is 12.3 Å². The maximum atomic E-state index is 12.3. The second kappa shape index (κ2) is 6.82. The number of furan rings is 1. The maximum absolute atomic E-state index is 12.3. The number of sulfone groups is 1. The maximum Gasteiger partial charge on any atom is 0.433 e. The molecule has 9 nitrogen and oxygen atoms in total. The van der Waals surface area contributed by atoms with E-state index in [0.717, 1.165) is 29.7 Å². The van der Waals surface area contributed by atoms with E-state index in [1.54, 1.807) is 10.6 Å². The molecule has 3 aromatic rings. The van der Waals surface area contributed by atoms with Crippen molar-refractivity contribution < 1.29 is 22.6 Å². The molecule has 0 fully saturated rings. The summed E-state index contributed by atoms with van der Waals surface area (Å²) in [6, 6.07) is 6.72. The number of nitro groups is 1. The summed E-state index contributed by atoms with van der Waals surface area (Å²) in [7, 11) is -3.40. The molecule has 0 unspecified atom stereocenters. The Morgan fingerprint density at radius 2 is 2.15 bits per heavy atom. The number of amides is 1. The van der Waals surface area contributed by atoms with E-state index in [4.69, 9.17) is 10.8 Å². The van der Waals surface area contributed by atoms with Crippen LogP contribution in [0.1, 0.15) is 10.6 Å². The van der Waals surface area contributed by atoms with Crippen LogP contribution in [0.5, 0.6) is 0 Å². The van der Waals surface area contributed by atoms with Crippen molar-refractivity contribution in [2.75, 3.05) is 6.26 Å². The zero-order valence-electron chi connectivity index (χ0n) is 13.8. The number of carbonyl (C=O) groups is 1. The number of fused-ring (bicyclic) bond motifs is 1. The molecule has 0 spiro atoms. The highest BCUT2D eigenvalue weighted by molar-refractivity contribution is 7.90. The third-order valence-corrected chi connectivity index (χ3v) is 5.66. The normalized spacial score (nSPS) is 12.2. The van der Waals surface area contributed by atoms with Gasteiger partial charge < -0.3 is 8.98 Å². The first-order valence-electron chi connectivity index (χ1n) is 7.31. The average Bonchev–Trinajstić information content (AvgIpc) is 3.20. The van der Waals surface area contributed by atoms with Crippen LogP contribution in [0.4, 0.5) is 5.88 Å². The standard InChI is InChI=1S/C16H11N3O6S2/c1-3-8-18-11-5-4-10(27(2,23)24)9-13(11)26-16(18)17-15(20)12-6-7-14(25-12)19(21)22/h1,4-7,9H,8H2,2H3. The van der Waals surface area contributed by atoms with Crippen LogP contribution in [0.15, 0.2) is 44.6 Å². The first kappa shape index (κ1) is 18.6. The Balaban J connectivity index is 2.15. The summed E-state index contributed by atoms with van der Waals surface area (Å²) in [5, 5.41) is 10.7. The fourth-order valence-corrected chi connectivity index (χ4v) is 4.09. The predicted molar refractivity (Wildman–Crippen MR) is 97.0 cm³/mol. The fraction of sp³-hybridized carbons (Fsp3) is 0.125. The van der Waals surface area contributed by atoms with Crippen molar-refractivity contribution in [1.82, 2.24) is 4.57 Å². The molecule has 0 atom stereocenters. The molecule has 0 saturated carbocycles. The van der Waals surface area contributed by atoms with Gasteiger partial charge >= 0.3 is 11.8 Å².